The van der Waals surface area contributed by atoms with E-state index < -0.39 is 0 Å². The van der Waals surface area contributed by atoms with E-state index in [2.05, 4.69) is 36.1 Å². The van der Waals surface area contributed by atoms with Crippen LogP contribution in [0.5, 0.6) is 0 Å². The minimum Gasteiger partial charge on any atom is -0.342 e. The average Bonchev–Trinajstić information content (AvgIpc) is 2.73. The van der Waals surface area contributed by atoms with Crippen molar-refractivity contribution in [2.45, 2.75) is 34.1 Å². The second-order valence-electron chi connectivity index (χ2n) is 6.25. The molecule has 4 nitrogen and oxygen atoms in total. The molecule has 0 radical (unpaired) electrons. The number of nitrogens with one attached hydrogen (secondary N) is 2. The second kappa shape index (κ2) is 5.49. The molecule has 20 heavy (non-hydrogen) atoms. The number of imidazole rings is 1. The molecule has 1 aromatic heterocycles. The van der Waals surface area contributed by atoms with Gasteiger partial charge in [0.05, 0.1) is 11.9 Å². The Kier molecular flexibility index (Phi) is 3.93. The third kappa shape index (κ3) is 3.95. The van der Waals surface area contributed by atoms with Gasteiger partial charge in [0.1, 0.15) is 5.82 Å². The van der Waals surface area contributed by atoms with Gasteiger partial charge in [-0.2, -0.15) is 0 Å². The van der Waals surface area contributed by atoms with Crippen LogP contribution in [0.25, 0.3) is 11.3 Å². The summed E-state index contributed by atoms with van der Waals surface area (Å²) in [6.07, 6.45) is 2.30. The van der Waals surface area contributed by atoms with Crippen molar-refractivity contribution >= 4 is 11.6 Å². The number of aryl methyl sites for hydroxylation is 1. The summed E-state index contributed by atoms with van der Waals surface area (Å²) in [5, 5.41) is 2.94. The van der Waals surface area contributed by atoms with Gasteiger partial charge < -0.3 is 10.3 Å². The van der Waals surface area contributed by atoms with E-state index in [1.807, 2.05) is 31.2 Å². The standard InChI is InChI=1S/C16H21N3O/c1-11-17-10-14(18-11)12-6-5-7-13(8-12)19-15(20)9-16(2,3)4/h5-8,10H,9H2,1-4H3,(H,17,18)(H,19,20). The van der Waals surface area contributed by atoms with Crippen molar-refractivity contribution in [2.75, 3.05) is 5.32 Å². The first kappa shape index (κ1) is 14.3. The Hall–Kier alpha value is -2.10. The van der Waals surface area contributed by atoms with Crippen LogP contribution in [-0.2, 0) is 4.79 Å². The lowest BCUT2D eigenvalue weighted by Crippen LogP contribution is -2.19. The van der Waals surface area contributed by atoms with Crippen molar-refractivity contribution in [2.24, 2.45) is 5.41 Å². The number of aromatic nitrogens is 2. The minimum absolute atomic E-state index is 0.0117. The van der Waals surface area contributed by atoms with Crippen LogP contribution >= 0.6 is 0 Å². The van der Waals surface area contributed by atoms with Crippen LogP contribution in [0.2, 0.25) is 0 Å². The number of hydrogen-bond acceptors (Lipinski definition) is 2. The molecule has 0 aliphatic carbocycles. The molecule has 1 aromatic carbocycles. The van der Waals surface area contributed by atoms with Crippen molar-refractivity contribution in [3.8, 4) is 11.3 Å². The molecule has 0 aliphatic heterocycles. The lowest BCUT2D eigenvalue weighted by molar-refractivity contribution is -0.117. The molecule has 0 spiro atoms. The molecule has 2 N–H and O–H groups in total. The molecular weight excluding hydrogens is 250 g/mol. The SMILES string of the molecule is Cc1ncc(-c2cccc(NC(=O)CC(C)(C)C)c2)[nH]1. The highest BCUT2D eigenvalue weighted by molar-refractivity contribution is 5.91. The van der Waals surface area contributed by atoms with E-state index >= 15 is 0 Å². The number of anilines is 1. The van der Waals surface area contributed by atoms with Crippen LogP contribution in [0.15, 0.2) is 30.5 Å². The summed E-state index contributed by atoms with van der Waals surface area (Å²) < 4.78 is 0. The molecule has 0 aliphatic rings. The summed E-state index contributed by atoms with van der Waals surface area (Å²) in [7, 11) is 0. The van der Waals surface area contributed by atoms with Gasteiger partial charge in [0, 0.05) is 17.7 Å². The summed E-state index contributed by atoms with van der Waals surface area (Å²) in [6.45, 7) is 8.07. The maximum Gasteiger partial charge on any atom is 0.224 e. The Labute approximate surface area is 119 Å². The van der Waals surface area contributed by atoms with Gasteiger partial charge in [-0.1, -0.05) is 32.9 Å². The number of hydrogen-bond donors (Lipinski definition) is 2. The van der Waals surface area contributed by atoms with Gasteiger partial charge in [-0.3, -0.25) is 4.79 Å². The number of nitrogens with zero attached hydrogens (tertiary/aromatic N) is 1. The molecule has 2 rings (SSSR count). The Morgan fingerprint density at radius 3 is 2.70 bits per heavy atom. The Bertz CT molecular complexity index is 608. The predicted octanol–water partition coefficient (Wildman–Crippen LogP) is 3.76. The van der Waals surface area contributed by atoms with Gasteiger partial charge in [0.2, 0.25) is 5.91 Å². The lowest BCUT2D eigenvalue weighted by atomic mass is 9.92. The minimum atomic E-state index is -0.0117. The van der Waals surface area contributed by atoms with Gasteiger partial charge in [0.25, 0.3) is 0 Å². The maximum atomic E-state index is 11.9. The number of H-pyrrole nitrogens is 1. The highest BCUT2D eigenvalue weighted by atomic mass is 16.1. The normalized spacial score (nSPS) is 11.4. The fourth-order valence-electron chi connectivity index (χ4n) is 2.02. The summed E-state index contributed by atoms with van der Waals surface area (Å²) >= 11 is 0. The summed E-state index contributed by atoms with van der Waals surface area (Å²) in [5.74, 6) is 0.914. The second-order valence-corrected chi connectivity index (χ2v) is 6.25. The molecular formula is C16H21N3O. The Morgan fingerprint density at radius 1 is 1.35 bits per heavy atom. The molecule has 0 saturated carbocycles. The number of amides is 1. The number of aromatic amines is 1. The van der Waals surface area contributed by atoms with E-state index in [1.165, 1.54) is 0 Å². The maximum absolute atomic E-state index is 11.9. The van der Waals surface area contributed by atoms with Gasteiger partial charge in [0.15, 0.2) is 0 Å². The van der Waals surface area contributed by atoms with Crippen molar-refractivity contribution in [1.82, 2.24) is 9.97 Å². The number of carbonyl (C=O) groups excluding carboxylic acids is 1. The molecule has 1 amide bonds. The van der Waals surface area contributed by atoms with Gasteiger partial charge in [-0.25, -0.2) is 4.98 Å². The smallest absolute Gasteiger partial charge is 0.224 e. The summed E-state index contributed by atoms with van der Waals surface area (Å²) in [6, 6.07) is 7.77. The first-order valence-electron chi connectivity index (χ1n) is 6.75. The fourth-order valence-corrected chi connectivity index (χ4v) is 2.02. The lowest BCUT2D eigenvalue weighted by Gasteiger charge is -2.17. The molecule has 0 atom stereocenters. The van der Waals surface area contributed by atoms with Crippen LogP contribution in [0.4, 0.5) is 5.69 Å². The third-order valence-corrected chi connectivity index (χ3v) is 2.85. The van der Waals surface area contributed by atoms with E-state index in [4.69, 9.17) is 0 Å². The van der Waals surface area contributed by atoms with Crippen LogP contribution < -0.4 is 5.32 Å². The van der Waals surface area contributed by atoms with Crippen molar-refractivity contribution in [3.63, 3.8) is 0 Å². The zero-order valence-corrected chi connectivity index (χ0v) is 12.4. The molecule has 0 fully saturated rings. The fraction of sp³-hybridized carbons (Fsp3) is 0.375. The first-order chi connectivity index (χ1) is 9.33. The molecule has 2 aromatic rings. The molecule has 106 valence electrons. The number of rotatable bonds is 3. The van der Waals surface area contributed by atoms with Crippen molar-refractivity contribution < 1.29 is 4.79 Å². The van der Waals surface area contributed by atoms with Crippen LogP contribution in [0.3, 0.4) is 0 Å². The van der Waals surface area contributed by atoms with E-state index in [0.29, 0.717) is 6.42 Å². The quantitative estimate of drug-likeness (QED) is 0.893. The average molecular weight is 271 g/mol. The van der Waals surface area contributed by atoms with E-state index in [1.54, 1.807) is 6.20 Å². The summed E-state index contributed by atoms with van der Waals surface area (Å²) in [5.41, 5.74) is 2.76. The van der Waals surface area contributed by atoms with Gasteiger partial charge in [-0.05, 0) is 24.5 Å². The molecule has 0 saturated heterocycles. The van der Waals surface area contributed by atoms with E-state index in [0.717, 1.165) is 22.8 Å². The van der Waals surface area contributed by atoms with Crippen LogP contribution in [0, 0.1) is 12.3 Å². The summed E-state index contributed by atoms with van der Waals surface area (Å²) in [4.78, 5) is 19.3. The number of carbonyl (C=O) groups is 1. The van der Waals surface area contributed by atoms with Crippen molar-refractivity contribution in [3.05, 3.63) is 36.3 Å². The van der Waals surface area contributed by atoms with E-state index in [9.17, 15) is 4.79 Å². The Morgan fingerprint density at radius 2 is 2.10 bits per heavy atom. The predicted molar refractivity (Wildman–Crippen MR) is 81.5 cm³/mol. The molecule has 1 heterocycles. The topological polar surface area (TPSA) is 57.8 Å². The third-order valence-electron chi connectivity index (χ3n) is 2.85. The molecule has 0 bridgehead atoms. The molecule has 0 unspecified atom stereocenters. The largest absolute Gasteiger partial charge is 0.342 e. The first-order valence-corrected chi connectivity index (χ1v) is 6.75. The van der Waals surface area contributed by atoms with Crippen LogP contribution in [-0.4, -0.2) is 15.9 Å². The molecule has 4 heteroatoms. The highest BCUT2D eigenvalue weighted by Gasteiger charge is 2.16. The van der Waals surface area contributed by atoms with E-state index in [-0.39, 0.29) is 11.3 Å². The zero-order chi connectivity index (χ0) is 14.8. The highest BCUT2D eigenvalue weighted by Crippen LogP contribution is 2.23. The number of benzene rings is 1. The van der Waals surface area contributed by atoms with Gasteiger partial charge >= 0.3 is 0 Å². The van der Waals surface area contributed by atoms with Crippen molar-refractivity contribution in [1.29, 1.82) is 0 Å². The monoisotopic (exact) mass is 271 g/mol. The zero-order valence-electron chi connectivity index (χ0n) is 12.4. The van der Waals surface area contributed by atoms with Gasteiger partial charge in [-0.15, -0.1) is 0 Å². The van der Waals surface area contributed by atoms with Crippen LogP contribution in [0.1, 0.15) is 33.0 Å². The Balaban J connectivity index is 2.12.